The summed E-state index contributed by atoms with van der Waals surface area (Å²) in [4.78, 5) is 11.7. The van der Waals surface area contributed by atoms with Crippen molar-refractivity contribution in [2.75, 3.05) is 5.32 Å². The van der Waals surface area contributed by atoms with Gasteiger partial charge in [-0.2, -0.15) is 5.26 Å². The maximum atomic E-state index is 11.7. The van der Waals surface area contributed by atoms with E-state index in [0.717, 1.165) is 9.47 Å². The van der Waals surface area contributed by atoms with Crippen molar-refractivity contribution < 1.29 is 4.79 Å². The lowest BCUT2D eigenvalue weighted by molar-refractivity contribution is -0.119. The molecule has 0 aliphatic carbocycles. The number of thiophene rings is 1. The molecule has 0 aromatic carbocycles. The number of nitrogens with zero attached hydrogens (tertiary/aromatic N) is 1. The van der Waals surface area contributed by atoms with Crippen molar-refractivity contribution in [3.8, 4) is 6.07 Å². The molecule has 1 heterocycles. The number of amides is 1. The average Bonchev–Trinajstić information content (AvgIpc) is 2.51. The van der Waals surface area contributed by atoms with E-state index in [0.29, 0.717) is 0 Å². The first-order valence-electron chi connectivity index (χ1n) is 4.49. The van der Waals surface area contributed by atoms with Gasteiger partial charge in [0.1, 0.15) is 5.92 Å². The van der Waals surface area contributed by atoms with Crippen LogP contribution in [0.25, 0.3) is 0 Å². The van der Waals surface area contributed by atoms with Crippen LogP contribution in [0, 0.1) is 23.2 Å². The highest BCUT2D eigenvalue weighted by Crippen LogP contribution is 2.25. The van der Waals surface area contributed by atoms with Crippen LogP contribution in [0.4, 0.5) is 5.00 Å². The van der Waals surface area contributed by atoms with E-state index >= 15 is 0 Å². The number of carbonyl (C=O) groups is 1. The second kappa shape index (κ2) is 5.29. The molecule has 1 N–H and O–H groups in total. The lowest BCUT2D eigenvalue weighted by Crippen LogP contribution is -2.25. The van der Waals surface area contributed by atoms with Gasteiger partial charge in [-0.05, 0) is 27.9 Å². The lowest BCUT2D eigenvalue weighted by atomic mass is 9.97. The molecule has 1 atom stereocenters. The molecule has 1 aromatic rings. The Bertz CT molecular complexity index is 394. The summed E-state index contributed by atoms with van der Waals surface area (Å²) >= 11 is 4.73. The van der Waals surface area contributed by atoms with Crippen molar-refractivity contribution in [2.45, 2.75) is 13.8 Å². The zero-order chi connectivity index (χ0) is 11.4. The van der Waals surface area contributed by atoms with Gasteiger partial charge < -0.3 is 5.32 Å². The van der Waals surface area contributed by atoms with E-state index in [1.807, 2.05) is 31.4 Å². The third-order valence-corrected chi connectivity index (χ3v) is 3.51. The maximum Gasteiger partial charge on any atom is 0.242 e. The molecule has 0 bridgehead atoms. The molecule has 3 nitrogen and oxygen atoms in total. The Labute approximate surface area is 101 Å². The highest BCUT2D eigenvalue weighted by molar-refractivity contribution is 9.10. The van der Waals surface area contributed by atoms with E-state index in [4.69, 9.17) is 5.26 Å². The van der Waals surface area contributed by atoms with Crippen molar-refractivity contribution in [1.29, 1.82) is 5.26 Å². The zero-order valence-corrected chi connectivity index (χ0v) is 10.9. The van der Waals surface area contributed by atoms with E-state index in [9.17, 15) is 4.79 Å². The highest BCUT2D eigenvalue weighted by atomic mass is 79.9. The fraction of sp³-hybridized carbons (Fsp3) is 0.400. The molecule has 0 saturated heterocycles. The SMILES string of the molecule is CC(C)C(C#N)C(=O)Nc1cc(Br)cs1. The Morgan fingerprint density at radius 3 is 2.73 bits per heavy atom. The largest absolute Gasteiger partial charge is 0.317 e. The Morgan fingerprint density at radius 1 is 1.67 bits per heavy atom. The lowest BCUT2D eigenvalue weighted by Gasteiger charge is -2.11. The molecule has 1 unspecified atom stereocenters. The molecule has 80 valence electrons. The minimum atomic E-state index is -0.592. The van der Waals surface area contributed by atoms with Crippen molar-refractivity contribution in [3.63, 3.8) is 0 Å². The summed E-state index contributed by atoms with van der Waals surface area (Å²) in [5, 5.41) is 14.2. The van der Waals surface area contributed by atoms with Crippen LogP contribution >= 0.6 is 27.3 Å². The summed E-state index contributed by atoms with van der Waals surface area (Å²) in [6.07, 6.45) is 0. The summed E-state index contributed by atoms with van der Waals surface area (Å²) < 4.78 is 0.931. The van der Waals surface area contributed by atoms with E-state index in [1.54, 1.807) is 0 Å². The van der Waals surface area contributed by atoms with Gasteiger partial charge in [-0.25, -0.2) is 0 Å². The molecule has 1 amide bonds. The van der Waals surface area contributed by atoms with Crippen molar-refractivity contribution in [2.24, 2.45) is 11.8 Å². The monoisotopic (exact) mass is 286 g/mol. The first-order valence-corrected chi connectivity index (χ1v) is 6.16. The summed E-state index contributed by atoms with van der Waals surface area (Å²) in [5.74, 6) is -0.800. The van der Waals surface area contributed by atoms with Crippen LogP contribution < -0.4 is 5.32 Å². The Balaban J connectivity index is 2.67. The Morgan fingerprint density at radius 2 is 2.33 bits per heavy atom. The molecule has 15 heavy (non-hydrogen) atoms. The van der Waals surface area contributed by atoms with Gasteiger partial charge in [0, 0.05) is 9.85 Å². The van der Waals surface area contributed by atoms with Crippen LogP contribution in [-0.2, 0) is 4.79 Å². The van der Waals surface area contributed by atoms with Crippen LogP contribution in [0.5, 0.6) is 0 Å². The van der Waals surface area contributed by atoms with Crippen molar-refractivity contribution in [1.82, 2.24) is 0 Å². The first-order chi connectivity index (χ1) is 7.04. The quantitative estimate of drug-likeness (QED) is 0.927. The van der Waals surface area contributed by atoms with Gasteiger partial charge in [-0.15, -0.1) is 11.3 Å². The molecule has 0 radical (unpaired) electrons. The summed E-state index contributed by atoms with van der Waals surface area (Å²) in [7, 11) is 0. The van der Waals surface area contributed by atoms with Crippen LogP contribution in [-0.4, -0.2) is 5.91 Å². The van der Waals surface area contributed by atoms with Crippen LogP contribution in [0.2, 0.25) is 0 Å². The second-order valence-corrected chi connectivity index (χ2v) is 5.30. The standard InChI is InChI=1S/C10H11BrN2OS/c1-6(2)8(4-12)10(14)13-9-3-7(11)5-15-9/h3,5-6,8H,1-2H3,(H,13,14). The number of hydrogen-bond acceptors (Lipinski definition) is 3. The smallest absolute Gasteiger partial charge is 0.242 e. The Kier molecular flexibility index (Phi) is 4.30. The van der Waals surface area contributed by atoms with E-state index < -0.39 is 5.92 Å². The molecule has 1 rings (SSSR count). The predicted octanol–water partition coefficient (Wildman–Crippen LogP) is 3.24. The van der Waals surface area contributed by atoms with Gasteiger partial charge in [-0.1, -0.05) is 13.8 Å². The average molecular weight is 287 g/mol. The minimum Gasteiger partial charge on any atom is -0.317 e. The first kappa shape index (κ1) is 12.2. The number of carbonyl (C=O) groups excluding carboxylic acids is 1. The Hall–Kier alpha value is -0.860. The van der Waals surface area contributed by atoms with Crippen molar-refractivity contribution in [3.05, 3.63) is 15.9 Å². The molecule has 0 aliphatic heterocycles. The third-order valence-electron chi connectivity index (χ3n) is 1.90. The maximum absolute atomic E-state index is 11.7. The van der Waals surface area contributed by atoms with E-state index in [-0.39, 0.29) is 11.8 Å². The fourth-order valence-electron chi connectivity index (χ4n) is 1.09. The minimum absolute atomic E-state index is 0.0263. The van der Waals surface area contributed by atoms with Gasteiger partial charge >= 0.3 is 0 Å². The number of nitriles is 1. The topological polar surface area (TPSA) is 52.9 Å². The molecule has 0 saturated carbocycles. The van der Waals surface area contributed by atoms with Gasteiger partial charge in [0.05, 0.1) is 11.1 Å². The summed E-state index contributed by atoms with van der Waals surface area (Å²) in [6.45, 7) is 3.72. The number of halogens is 1. The molecule has 0 aliphatic rings. The molecule has 5 heteroatoms. The molecule has 0 fully saturated rings. The summed E-state index contributed by atoms with van der Waals surface area (Å²) in [6, 6.07) is 3.83. The van der Waals surface area contributed by atoms with Gasteiger partial charge in [-0.3, -0.25) is 4.79 Å². The van der Waals surface area contributed by atoms with Gasteiger partial charge in [0.15, 0.2) is 0 Å². The fourth-order valence-corrected chi connectivity index (χ4v) is 2.41. The van der Waals surface area contributed by atoms with E-state index in [2.05, 4.69) is 21.2 Å². The number of nitrogens with one attached hydrogen (secondary N) is 1. The third kappa shape index (κ3) is 3.33. The number of rotatable bonds is 3. The molecule has 1 aromatic heterocycles. The van der Waals surface area contributed by atoms with E-state index in [1.165, 1.54) is 11.3 Å². The summed E-state index contributed by atoms with van der Waals surface area (Å²) in [5.41, 5.74) is 0. The van der Waals surface area contributed by atoms with Crippen LogP contribution in [0.15, 0.2) is 15.9 Å². The number of hydrogen-bond donors (Lipinski definition) is 1. The zero-order valence-electron chi connectivity index (χ0n) is 8.45. The second-order valence-electron chi connectivity index (χ2n) is 3.47. The van der Waals surface area contributed by atoms with Gasteiger partial charge in [0.2, 0.25) is 5.91 Å². The van der Waals surface area contributed by atoms with Crippen molar-refractivity contribution >= 4 is 38.2 Å². The molecule has 0 spiro atoms. The highest BCUT2D eigenvalue weighted by Gasteiger charge is 2.21. The molecular formula is C10H11BrN2OS. The molecular weight excluding hydrogens is 276 g/mol. The normalized spacial score (nSPS) is 12.2. The van der Waals surface area contributed by atoms with Gasteiger partial charge in [0.25, 0.3) is 0 Å². The predicted molar refractivity (Wildman–Crippen MR) is 64.6 cm³/mol. The van der Waals surface area contributed by atoms with Crippen LogP contribution in [0.3, 0.4) is 0 Å². The van der Waals surface area contributed by atoms with Crippen LogP contribution in [0.1, 0.15) is 13.8 Å². The number of anilines is 1.